The Bertz CT molecular complexity index is 989. The molecular weight excluding hydrogens is 362 g/mol. The van der Waals surface area contributed by atoms with Crippen molar-refractivity contribution in [3.8, 4) is 5.69 Å². The van der Waals surface area contributed by atoms with Gasteiger partial charge in [-0.25, -0.2) is 27.9 Å². The Labute approximate surface area is 148 Å². The van der Waals surface area contributed by atoms with Crippen molar-refractivity contribution in [2.24, 2.45) is 0 Å². The van der Waals surface area contributed by atoms with Gasteiger partial charge in [0.25, 0.3) is 10.0 Å². The third-order valence-corrected chi connectivity index (χ3v) is 5.97. The fraction of sp³-hybridized carbons (Fsp3) is 0.133. The molecule has 0 radical (unpaired) electrons. The van der Waals surface area contributed by atoms with E-state index in [0.717, 1.165) is 11.3 Å². The van der Waals surface area contributed by atoms with Gasteiger partial charge in [-0.2, -0.15) is 0 Å². The second-order valence-corrected chi connectivity index (χ2v) is 8.01. The molecule has 2 N–H and O–H groups in total. The van der Waals surface area contributed by atoms with Crippen molar-refractivity contribution < 1.29 is 13.2 Å². The SMILES string of the molecule is Cc1cc(C)nc(NC(=O)NS(=O)(=O)c2sccc2-n2cccc2)n1. The number of urea groups is 1. The van der Waals surface area contributed by atoms with E-state index in [1.807, 2.05) is 4.72 Å². The van der Waals surface area contributed by atoms with Crippen molar-refractivity contribution >= 4 is 33.3 Å². The average Bonchev–Trinajstić information content (AvgIpc) is 3.17. The first-order valence-corrected chi connectivity index (χ1v) is 9.58. The normalized spacial score (nSPS) is 11.3. The van der Waals surface area contributed by atoms with Gasteiger partial charge in [0.15, 0.2) is 4.21 Å². The van der Waals surface area contributed by atoms with Crippen LogP contribution in [0, 0.1) is 13.8 Å². The Morgan fingerprint density at radius 1 is 1.16 bits per heavy atom. The molecule has 0 atom stereocenters. The maximum Gasteiger partial charge on any atom is 0.335 e. The van der Waals surface area contributed by atoms with Gasteiger partial charge < -0.3 is 4.57 Å². The van der Waals surface area contributed by atoms with Gasteiger partial charge in [0.1, 0.15) is 0 Å². The lowest BCUT2D eigenvalue weighted by Gasteiger charge is -2.09. The fourth-order valence-electron chi connectivity index (χ4n) is 2.25. The van der Waals surface area contributed by atoms with Crippen LogP contribution in [0.15, 0.2) is 46.2 Å². The standard InChI is InChI=1S/C15H15N5O3S2/c1-10-9-11(2)17-14(16-10)18-15(21)19-25(22,23)13-12(5-8-24-13)20-6-3-4-7-20/h3-9H,1-2H3,(H2,16,17,18,19,21). The molecule has 25 heavy (non-hydrogen) atoms. The Hall–Kier alpha value is -2.72. The Balaban J connectivity index is 1.80. The van der Waals surface area contributed by atoms with Crippen LogP contribution in [-0.2, 0) is 10.0 Å². The van der Waals surface area contributed by atoms with Gasteiger partial charge in [-0.3, -0.25) is 5.32 Å². The molecule has 0 spiro atoms. The largest absolute Gasteiger partial charge is 0.335 e. The number of nitrogens with one attached hydrogen (secondary N) is 2. The topological polar surface area (TPSA) is 106 Å². The lowest BCUT2D eigenvalue weighted by molar-refractivity contribution is 0.256. The van der Waals surface area contributed by atoms with Crippen LogP contribution in [0.4, 0.5) is 10.7 Å². The van der Waals surface area contributed by atoms with Crippen LogP contribution in [-0.4, -0.2) is 29.0 Å². The summed E-state index contributed by atoms with van der Waals surface area (Å²) in [4.78, 5) is 20.2. The molecule has 3 rings (SSSR count). The smallest absolute Gasteiger partial charge is 0.322 e. The summed E-state index contributed by atoms with van der Waals surface area (Å²) in [6.07, 6.45) is 3.45. The first kappa shape index (κ1) is 17.1. The minimum absolute atomic E-state index is 0.0418. The Morgan fingerprint density at radius 2 is 1.80 bits per heavy atom. The number of nitrogens with zero attached hydrogens (tertiary/aromatic N) is 3. The third-order valence-electron chi connectivity index (χ3n) is 3.17. The first-order chi connectivity index (χ1) is 11.8. The van der Waals surface area contributed by atoms with E-state index in [-0.39, 0.29) is 10.2 Å². The zero-order valence-electron chi connectivity index (χ0n) is 13.4. The van der Waals surface area contributed by atoms with Crippen molar-refractivity contribution in [1.82, 2.24) is 19.3 Å². The number of carbonyl (C=O) groups is 1. The predicted octanol–water partition coefficient (Wildman–Crippen LogP) is 2.46. The molecule has 0 aliphatic rings. The second-order valence-electron chi connectivity index (χ2n) is 5.22. The highest BCUT2D eigenvalue weighted by Gasteiger charge is 2.24. The maximum absolute atomic E-state index is 12.5. The number of anilines is 1. The van der Waals surface area contributed by atoms with Gasteiger partial charge in [-0.15, -0.1) is 11.3 Å². The number of amides is 2. The van der Waals surface area contributed by atoms with Crippen molar-refractivity contribution in [2.45, 2.75) is 18.1 Å². The molecule has 3 aromatic rings. The van der Waals surface area contributed by atoms with Crippen LogP contribution in [0.1, 0.15) is 11.4 Å². The van der Waals surface area contributed by atoms with Crippen LogP contribution in [0.3, 0.4) is 0 Å². The van der Waals surface area contributed by atoms with Gasteiger partial charge in [0, 0.05) is 23.8 Å². The molecule has 0 saturated carbocycles. The minimum atomic E-state index is -4.03. The molecule has 0 aliphatic carbocycles. The fourth-order valence-corrected chi connectivity index (χ4v) is 4.50. The van der Waals surface area contributed by atoms with E-state index in [0.29, 0.717) is 17.1 Å². The molecule has 10 heteroatoms. The van der Waals surface area contributed by atoms with E-state index in [2.05, 4.69) is 15.3 Å². The molecule has 8 nitrogen and oxygen atoms in total. The lowest BCUT2D eigenvalue weighted by Crippen LogP contribution is -2.35. The van der Waals surface area contributed by atoms with Gasteiger partial charge >= 0.3 is 6.03 Å². The number of carbonyl (C=O) groups excluding carboxylic acids is 1. The van der Waals surface area contributed by atoms with E-state index in [1.165, 1.54) is 0 Å². The van der Waals surface area contributed by atoms with Crippen molar-refractivity contribution in [2.75, 3.05) is 5.32 Å². The molecule has 3 heterocycles. The summed E-state index contributed by atoms with van der Waals surface area (Å²) >= 11 is 1.03. The molecule has 3 aromatic heterocycles. The Morgan fingerprint density at radius 3 is 2.44 bits per heavy atom. The summed E-state index contributed by atoms with van der Waals surface area (Å²) in [6.45, 7) is 3.51. The number of sulfonamides is 1. The van der Waals surface area contributed by atoms with Crippen LogP contribution in [0.25, 0.3) is 5.69 Å². The number of thiophene rings is 1. The molecule has 2 amide bonds. The van der Waals surface area contributed by atoms with E-state index in [1.54, 1.807) is 60.5 Å². The number of aryl methyl sites for hydroxylation is 2. The highest BCUT2D eigenvalue weighted by molar-refractivity contribution is 7.92. The van der Waals surface area contributed by atoms with E-state index in [9.17, 15) is 13.2 Å². The molecule has 0 unspecified atom stereocenters. The van der Waals surface area contributed by atoms with E-state index in [4.69, 9.17) is 0 Å². The quantitative estimate of drug-likeness (QED) is 0.726. The van der Waals surface area contributed by atoms with Gasteiger partial charge in [0.2, 0.25) is 5.95 Å². The van der Waals surface area contributed by atoms with E-state index < -0.39 is 16.1 Å². The third kappa shape index (κ3) is 3.86. The second kappa shape index (κ2) is 6.65. The molecule has 130 valence electrons. The number of aromatic nitrogens is 3. The molecular formula is C15H15N5O3S2. The van der Waals surface area contributed by atoms with Crippen molar-refractivity contribution in [1.29, 1.82) is 0 Å². The summed E-state index contributed by atoms with van der Waals surface area (Å²) in [5.41, 5.74) is 1.80. The van der Waals surface area contributed by atoms with Crippen molar-refractivity contribution in [3.63, 3.8) is 0 Å². The predicted molar refractivity (Wildman–Crippen MR) is 94.5 cm³/mol. The summed E-state index contributed by atoms with van der Waals surface area (Å²) in [6, 6.07) is 6.06. The zero-order chi connectivity index (χ0) is 18.0. The minimum Gasteiger partial charge on any atom is -0.322 e. The van der Waals surface area contributed by atoms with Gasteiger partial charge in [0.05, 0.1) is 5.69 Å². The van der Waals surface area contributed by atoms with Gasteiger partial charge in [-0.1, -0.05) is 0 Å². The monoisotopic (exact) mass is 377 g/mol. The molecule has 0 saturated heterocycles. The van der Waals surface area contributed by atoms with E-state index >= 15 is 0 Å². The highest BCUT2D eigenvalue weighted by Crippen LogP contribution is 2.26. The van der Waals surface area contributed by atoms with Crippen molar-refractivity contribution in [3.05, 3.63) is 53.4 Å². The van der Waals surface area contributed by atoms with Crippen LogP contribution in [0.2, 0.25) is 0 Å². The molecule has 0 aromatic carbocycles. The van der Waals surface area contributed by atoms with Crippen LogP contribution in [0.5, 0.6) is 0 Å². The molecule has 0 bridgehead atoms. The van der Waals surface area contributed by atoms with Crippen LogP contribution >= 0.6 is 11.3 Å². The summed E-state index contributed by atoms with van der Waals surface area (Å²) in [7, 11) is -4.03. The highest BCUT2D eigenvalue weighted by atomic mass is 32.2. The molecule has 0 aliphatic heterocycles. The average molecular weight is 377 g/mol. The van der Waals surface area contributed by atoms with Gasteiger partial charge in [-0.05, 0) is 43.5 Å². The Kier molecular flexibility index (Phi) is 4.55. The molecule has 0 fully saturated rings. The first-order valence-electron chi connectivity index (χ1n) is 7.22. The lowest BCUT2D eigenvalue weighted by atomic mass is 10.4. The number of hydrogen-bond donors (Lipinski definition) is 2. The maximum atomic E-state index is 12.5. The summed E-state index contributed by atoms with van der Waals surface area (Å²) in [5, 5.41) is 3.99. The zero-order valence-corrected chi connectivity index (χ0v) is 15.1. The number of rotatable bonds is 4. The summed E-state index contributed by atoms with van der Waals surface area (Å²) < 4.78 is 28.7. The van der Waals surface area contributed by atoms with Crippen LogP contribution < -0.4 is 10.0 Å². The summed E-state index contributed by atoms with van der Waals surface area (Å²) in [5.74, 6) is 0.0435. The number of hydrogen-bond acceptors (Lipinski definition) is 6.